The Labute approximate surface area is 378 Å². The first-order chi connectivity index (χ1) is 31.8. The summed E-state index contributed by atoms with van der Waals surface area (Å²) in [5.41, 5.74) is 5.89. The van der Waals surface area contributed by atoms with Crippen LogP contribution in [0.5, 0.6) is 23.1 Å². The Kier molecular flexibility index (Phi) is 14.6. The van der Waals surface area contributed by atoms with Gasteiger partial charge in [-0.05, 0) is 95.9 Å². The van der Waals surface area contributed by atoms with E-state index in [1.807, 2.05) is 12.1 Å². The summed E-state index contributed by atoms with van der Waals surface area (Å²) < 4.78 is 67.4. The Morgan fingerprint density at radius 1 is 0.833 bits per heavy atom. The van der Waals surface area contributed by atoms with Gasteiger partial charge in [0, 0.05) is 53.9 Å². The number of benzene rings is 5. The zero-order chi connectivity index (χ0) is 46.7. The maximum atomic E-state index is 13.8. The third-order valence-corrected chi connectivity index (χ3v) is 10.5. The number of pyridine rings is 1. The summed E-state index contributed by atoms with van der Waals surface area (Å²) in [5, 5.41) is 9.21. The quantitative estimate of drug-likeness (QED) is 0.0159. The molecular weight excluding hydrogens is 880 g/mol. The molecule has 1 amide bonds. The van der Waals surface area contributed by atoms with Gasteiger partial charge in [0.15, 0.2) is 17.5 Å². The molecule has 0 radical (unpaired) electrons. The number of aryl methyl sites for hydroxylation is 2. The maximum Gasteiger partial charge on any atom is 0.343 e. The fourth-order valence-corrected chi connectivity index (χ4v) is 7.12. The number of thiazole rings is 1. The van der Waals surface area contributed by atoms with Crippen molar-refractivity contribution in [1.82, 2.24) is 9.97 Å². The predicted octanol–water partition coefficient (Wildman–Crippen LogP) is 9.53. The molecule has 66 heavy (non-hydrogen) atoms. The number of ether oxygens (including phenoxy) is 5. The zero-order valence-electron chi connectivity index (χ0n) is 35.2. The summed E-state index contributed by atoms with van der Waals surface area (Å²) in [5.74, 6) is -6.27. The molecule has 0 aliphatic rings. The number of nitrogens with zero attached hydrogens (tertiary/aromatic N) is 3. The molecule has 18 heteroatoms. The number of carbonyl (C=O) groups excluding carboxylic acids is 4. The lowest BCUT2D eigenvalue weighted by Gasteiger charge is -2.13. The predicted molar refractivity (Wildman–Crippen MR) is 241 cm³/mol. The Morgan fingerprint density at radius 2 is 1.62 bits per heavy atom. The van der Waals surface area contributed by atoms with Gasteiger partial charge in [-0.2, -0.15) is 5.10 Å². The van der Waals surface area contributed by atoms with Crippen LogP contribution in [0.15, 0.2) is 115 Å². The van der Waals surface area contributed by atoms with Crippen LogP contribution >= 0.6 is 11.3 Å². The minimum absolute atomic E-state index is 0.0974. The summed E-state index contributed by atoms with van der Waals surface area (Å²) in [6.07, 6.45) is 2.88. The molecule has 14 nitrogen and oxygen atoms in total. The Bertz CT molecular complexity index is 3010. The van der Waals surface area contributed by atoms with Crippen LogP contribution in [-0.2, 0) is 20.7 Å². The highest BCUT2D eigenvalue weighted by Gasteiger charge is 2.18. The maximum absolute atomic E-state index is 13.8. The average Bonchev–Trinajstić information content (AvgIpc) is 3.72. The fourth-order valence-electron chi connectivity index (χ4n) is 6.34. The molecule has 5 aromatic carbocycles. The van der Waals surface area contributed by atoms with Crippen LogP contribution in [0.25, 0.3) is 21.1 Å². The molecule has 0 aliphatic heterocycles. The highest BCUT2D eigenvalue weighted by atomic mass is 32.1. The van der Waals surface area contributed by atoms with Gasteiger partial charge in [0.1, 0.15) is 27.6 Å². The number of carbonyl (C=O) groups is 4. The van der Waals surface area contributed by atoms with Gasteiger partial charge >= 0.3 is 17.9 Å². The molecule has 0 unspecified atom stereocenters. The van der Waals surface area contributed by atoms with E-state index in [2.05, 4.69) is 32.4 Å². The summed E-state index contributed by atoms with van der Waals surface area (Å²) in [4.78, 5) is 60.3. The summed E-state index contributed by atoms with van der Waals surface area (Å²) in [6.45, 7) is 5.63. The molecule has 0 bridgehead atoms. The van der Waals surface area contributed by atoms with E-state index in [0.717, 1.165) is 16.8 Å². The van der Waals surface area contributed by atoms with E-state index < -0.39 is 47.0 Å². The fraction of sp³-hybridized carbons (Fsp3) is 0.146. The molecule has 7 aromatic rings. The second-order valence-corrected chi connectivity index (χ2v) is 15.3. The van der Waals surface area contributed by atoms with Gasteiger partial charge in [-0.25, -0.2) is 32.7 Å². The van der Waals surface area contributed by atoms with Crippen molar-refractivity contribution in [3.63, 3.8) is 0 Å². The largest absolute Gasteiger partial charge is 0.493 e. The third-order valence-electron chi connectivity index (χ3n) is 9.62. The first kappa shape index (κ1) is 45.9. The number of esters is 3. The van der Waals surface area contributed by atoms with Crippen LogP contribution in [0.4, 0.5) is 24.0 Å². The second-order valence-electron chi connectivity index (χ2n) is 14.3. The van der Waals surface area contributed by atoms with Crippen molar-refractivity contribution in [2.24, 2.45) is 5.10 Å². The van der Waals surface area contributed by atoms with E-state index in [-0.39, 0.29) is 30.8 Å². The number of hydrogen-bond acceptors (Lipinski definition) is 14. The van der Waals surface area contributed by atoms with Crippen molar-refractivity contribution < 1.29 is 56.0 Å². The van der Waals surface area contributed by atoms with Crippen molar-refractivity contribution in [1.29, 1.82) is 0 Å². The summed E-state index contributed by atoms with van der Waals surface area (Å²) in [6, 6.07) is 24.8. The van der Waals surface area contributed by atoms with Crippen molar-refractivity contribution in [3.05, 3.63) is 155 Å². The number of rotatable bonds is 18. The van der Waals surface area contributed by atoms with E-state index >= 15 is 0 Å². The number of nitrogens with one attached hydrogen (secondary N) is 2. The first-order valence-electron chi connectivity index (χ1n) is 20.0. The van der Waals surface area contributed by atoms with Crippen LogP contribution in [0.3, 0.4) is 0 Å². The van der Waals surface area contributed by atoms with Crippen LogP contribution < -0.4 is 29.7 Å². The van der Waals surface area contributed by atoms with Crippen molar-refractivity contribution in [3.8, 4) is 23.1 Å². The van der Waals surface area contributed by atoms with E-state index in [1.54, 1.807) is 79.7 Å². The van der Waals surface area contributed by atoms with Crippen LogP contribution in [-0.4, -0.2) is 60.3 Å². The van der Waals surface area contributed by atoms with Gasteiger partial charge in [0.05, 0.1) is 32.1 Å². The van der Waals surface area contributed by atoms with Gasteiger partial charge in [0.25, 0.3) is 5.91 Å². The number of amides is 1. The Morgan fingerprint density at radius 3 is 2.39 bits per heavy atom. The van der Waals surface area contributed by atoms with Crippen LogP contribution in [0.2, 0.25) is 0 Å². The highest BCUT2D eigenvalue weighted by Crippen LogP contribution is 2.28. The van der Waals surface area contributed by atoms with Crippen molar-refractivity contribution in [2.45, 2.75) is 26.2 Å². The number of aromatic nitrogens is 2. The van der Waals surface area contributed by atoms with Gasteiger partial charge in [0.2, 0.25) is 11.0 Å². The van der Waals surface area contributed by atoms with Gasteiger partial charge in [-0.1, -0.05) is 36.1 Å². The number of hydrogen-bond donors (Lipinski definition) is 2. The number of hydrazone groups is 1. The molecule has 2 aromatic heterocycles. The van der Waals surface area contributed by atoms with E-state index in [9.17, 15) is 32.3 Å². The van der Waals surface area contributed by atoms with Gasteiger partial charge in [-0.15, -0.1) is 0 Å². The molecule has 0 aliphatic carbocycles. The lowest BCUT2D eigenvalue weighted by atomic mass is 10.0. The lowest BCUT2D eigenvalue weighted by Crippen LogP contribution is -2.15. The van der Waals surface area contributed by atoms with Gasteiger partial charge in [-0.3, -0.25) is 15.0 Å². The molecule has 7 rings (SSSR count). The van der Waals surface area contributed by atoms with Crippen molar-refractivity contribution >= 4 is 73.3 Å². The van der Waals surface area contributed by atoms with Gasteiger partial charge < -0.3 is 29.0 Å². The Hall–Kier alpha value is -8.12. The molecule has 2 N–H and O–H groups in total. The summed E-state index contributed by atoms with van der Waals surface area (Å²) >= 11 is 1.23. The molecule has 336 valence electrons. The molecule has 0 saturated heterocycles. The molecular formula is C48H38F3N5O9S. The normalized spacial score (nSPS) is 11.0. The highest BCUT2D eigenvalue weighted by molar-refractivity contribution is 7.21. The topological polar surface area (TPSA) is 177 Å². The molecule has 0 spiro atoms. The second kappa shape index (κ2) is 21.0. The first-order valence-corrected chi connectivity index (χ1v) is 20.9. The average molecular weight is 918 g/mol. The molecule has 2 heterocycles. The number of fused-ring (bicyclic) bond motifs is 2. The third kappa shape index (κ3) is 11.7. The SMILES string of the molecule is C=CC(=O)OCCCOc1ccc2cc(C(=O)Oc3ccc(NC(=O)c4ccc(CCC(=O)Oc5cc(F)c(F)c(F)c5)cc4/C=N/Nc4nc5ccc(OC)nc5s4)cc3C)ccc2c1. The summed E-state index contributed by atoms with van der Waals surface area (Å²) in [7, 11) is 1.51. The zero-order valence-corrected chi connectivity index (χ0v) is 36.0. The van der Waals surface area contributed by atoms with E-state index in [0.29, 0.717) is 80.2 Å². The lowest BCUT2D eigenvalue weighted by molar-refractivity contribution is -0.138. The van der Waals surface area contributed by atoms with E-state index in [1.165, 1.54) is 24.7 Å². The molecule has 0 saturated carbocycles. The van der Waals surface area contributed by atoms with Crippen molar-refractivity contribution in [2.75, 3.05) is 31.1 Å². The van der Waals surface area contributed by atoms with E-state index in [4.69, 9.17) is 23.7 Å². The monoisotopic (exact) mass is 917 g/mol. The minimum Gasteiger partial charge on any atom is -0.493 e. The smallest absolute Gasteiger partial charge is 0.343 e. The molecule has 0 atom stereocenters. The standard InChI is InChI=1S/C48H38F3N5O9S/c1-4-42(57)63-19-5-18-62-34-12-10-29-22-31(9-8-30(29)23-34)47(60)65-40-15-11-33(20-27(40)2)53-45(59)36-13-6-28(7-17-43(58)64-35-24-37(49)44(51)38(50)25-35)21-32(36)26-52-56-48-54-39-14-16-41(61-3)55-46(39)66-48/h4,6,8-16,20-26H,1,5,7,17-19H2,2-3H3,(H,53,59)(H,54,56)/b52-26+. The molecule has 0 fully saturated rings. The number of methoxy groups -OCH3 is 1. The number of halogens is 3. The van der Waals surface area contributed by atoms with Crippen LogP contribution in [0.1, 0.15) is 50.2 Å². The minimum atomic E-state index is -1.68. The van der Waals surface area contributed by atoms with Crippen LogP contribution in [0, 0.1) is 24.4 Å². The Balaban J connectivity index is 1.01. The number of anilines is 2.